The summed E-state index contributed by atoms with van der Waals surface area (Å²) in [6, 6.07) is 2.42. The van der Waals surface area contributed by atoms with Gasteiger partial charge in [0.25, 0.3) is 0 Å². The first-order valence-corrected chi connectivity index (χ1v) is 6.58. The van der Waals surface area contributed by atoms with Crippen molar-refractivity contribution in [3.63, 3.8) is 0 Å². The molecule has 0 N–H and O–H groups in total. The van der Waals surface area contributed by atoms with E-state index >= 15 is 0 Å². The fourth-order valence-electron chi connectivity index (χ4n) is 2.85. The first-order chi connectivity index (χ1) is 8.33. The van der Waals surface area contributed by atoms with E-state index in [4.69, 9.17) is 10.00 Å². The van der Waals surface area contributed by atoms with E-state index in [1.807, 2.05) is 0 Å². The van der Waals surface area contributed by atoms with E-state index in [-0.39, 0.29) is 18.4 Å². The van der Waals surface area contributed by atoms with Crippen LogP contribution in [0.3, 0.4) is 0 Å². The Morgan fingerprint density at radius 2 is 2.06 bits per heavy atom. The maximum absolute atomic E-state index is 12.4. The van der Waals surface area contributed by atoms with E-state index < -0.39 is 0 Å². The first-order valence-electron chi connectivity index (χ1n) is 6.58. The van der Waals surface area contributed by atoms with Crippen LogP contribution in [-0.4, -0.2) is 36.6 Å². The van der Waals surface area contributed by atoms with Crippen LogP contribution >= 0.6 is 0 Å². The zero-order chi connectivity index (χ0) is 12.1. The number of nitriles is 1. The highest BCUT2D eigenvalue weighted by molar-refractivity contribution is 5.79. The number of rotatable bonds is 3. The van der Waals surface area contributed by atoms with Crippen molar-refractivity contribution in [2.75, 3.05) is 19.8 Å². The largest absolute Gasteiger partial charge is 0.381 e. The van der Waals surface area contributed by atoms with Crippen LogP contribution in [0.4, 0.5) is 0 Å². The van der Waals surface area contributed by atoms with Crippen LogP contribution in [-0.2, 0) is 9.53 Å². The Morgan fingerprint density at radius 3 is 2.65 bits per heavy atom. The summed E-state index contributed by atoms with van der Waals surface area (Å²) in [4.78, 5) is 14.2. The van der Waals surface area contributed by atoms with Gasteiger partial charge in [-0.15, -0.1) is 0 Å². The highest BCUT2D eigenvalue weighted by Crippen LogP contribution is 2.26. The molecule has 0 aromatic carbocycles. The Labute approximate surface area is 103 Å². The Kier molecular flexibility index (Phi) is 4.38. The monoisotopic (exact) mass is 236 g/mol. The zero-order valence-electron chi connectivity index (χ0n) is 10.2. The predicted molar refractivity (Wildman–Crippen MR) is 63.1 cm³/mol. The first kappa shape index (κ1) is 12.4. The molecule has 1 aliphatic heterocycles. The van der Waals surface area contributed by atoms with Gasteiger partial charge in [-0.3, -0.25) is 4.79 Å². The molecule has 0 spiro atoms. The summed E-state index contributed by atoms with van der Waals surface area (Å²) in [5.41, 5.74) is 0. The van der Waals surface area contributed by atoms with E-state index in [1.54, 1.807) is 4.90 Å². The molecule has 4 nitrogen and oxygen atoms in total. The van der Waals surface area contributed by atoms with Crippen molar-refractivity contribution < 1.29 is 9.53 Å². The number of ether oxygens (including phenoxy) is 1. The second-order valence-electron chi connectivity index (χ2n) is 4.98. The van der Waals surface area contributed by atoms with Gasteiger partial charge in [0.1, 0.15) is 6.54 Å². The molecular weight excluding hydrogens is 216 g/mol. The summed E-state index contributed by atoms with van der Waals surface area (Å²) in [7, 11) is 0. The topological polar surface area (TPSA) is 53.3 Å². The van der Waals surface area contributed by atoms with Crippen LogP contribution in [0.5, 0.6) is 0 Å². The van der Waals surface area contributed by atoms with Crippen LogP contribution in [0.2, 0.25) is 0 Å². The third kappa shape index (κ3) is 2.98. The molecule has 1 saturated carbocycles. The molecule has 2 aliphatic rings. The molecule has 0 aromatic heterocycles. The molecular formula is C13H20N2O2. The lowest BCUT2D eigenvalue weighted by molar-refractivity contribution is -0.141. The fraction of sp³-hybridized carbons (Fsp3) is 0.846. The van der Waals surface area contributed by atoms with Gasteiger partial charge in [-0.25, -0.2) is 0 Å². The van der Waals surface area contributed by atoms with Gasteiger partial charge in [0.15, 0.2) is 0 Å². The molecule has 2 rings (SSSR count). The molecule has 4 heteroatoms. The van der Waals surface area contributed by atoms with Crippen LogP contribution in [0.25, 0.3) is 0 Å². The van der Waals surface area contributed by atoms with E-state index in [2.05, 4.69) is 6.07 Å². The second kappa shape index (κ2) is 6.02. The normalized spacial score (nSPS) is 25.5. The molecule has 94 valence electrons. The summed E-state index contributed by atoms with van der Waals surface area (Å²) in [6.45, 7) is 1.54. The molecule has 0 radical (unpaired) electrons. The standard InChI is InChI=1S/C13H20N2O2/c14-7-8-15(12-5-1-2-6-12)13(16)11-4-3-9-17-10-11/h11-12H,1-6,8-10H2. The summed E-state index contributed by atoms with van der Waals surface area (Å²) in [5.74, 6) is 0.121. The smallest absolute Gasteiger partial charge is 0.229 e. The summed E-state index contributed by atoms with van der Waals surface area (Å²) in [5, 5.41) is 8.87. The van der Waals surface area contributed by atoms with Crippen LogP contribution in [0, 0.1) is 17.2 Å². The van der Waals surface area contributed by atoms with Gasteiger partial charge in [0, 0.05) is 12.6 Å². The molecule has 0 aromatic rings. The lowest BCUT2D eigenvalue weighted by atomic mass is 9.99. The molecule has 1 heterocycles. The lowest BCUT2D eigenvalue weighted by Crippen LogP contribution is -2.44. The average molecular weight is 236 g/mol. The molecule has 17 heavy (non-hydrogen) atoms. The number of hydrogen-bond acceptors (Lipinski definition) is 3. The van der Waals surface area contributed by atoms with E-state index in [1.165, 1.54) is 12.8 Å². The maximum Gasteiger partial charge on any atom is 0.229 e. The van der Waals surface area contributed by atoms with Crippen molar-refractivity contribution >= 4 is 5.91 Å². The Hall–Kier alpha value is -1.08. The number of carbonyl (C=O) groups is 1. The predicted octanol–water partition coefficient (Wildman–Crippen LogP) is 1.71. The zero-order valence-corrected chi connectivity index (χ0v) is 10.2. The Bertz CT molecular complexity index is 299. The van der Waals surface area contributed by atoms with Crippen LogP contribution in [0.15, 0.2) is 0 Å². The fourth-order valence-corrected chi connectivity index (χ4v) is 2.85. The van der Waals surface area contributed by atoms with E-state index in [9.17, 15) is 4.79 Å². The van der Waals surface area contributed by atoms with Crippen molar-refractivity contribution in [3.8, 4) is 6.07 Å². The van der Waals surface area contributed by atoms with Crippen molar-refractivity contribution in [3.05, 3.63) is 0 Å². The molecule has 1 atom stereocenters. The van der Waals surface area contributed by atoms with Gasteiger partial charge >= 0.3 is 0 Å². The molecule has 2 fully saturated rings. The number of carbonyl (C=O) groups excluding carboxylic acids is 1. The maximum atomic E-state index is 12.4. The van der Waals surface area contributed by atoms with Gasteiger partial charge in [-0.2, -0.15) is 5.26 Å². The minimum atomic E-state index is -0.0160. The Balaban J connectivity index is 1.98. The van der Waals surface area contributed by atoms with Gasteiger partial charge in [0.2, 0.25) is 5.91 Å². The van der Waals surface area contributed by atoms with Crippen molar-refractivity contribution in [1.82, 2.24) is 4.90 Å². The molecule has 1 aliphatic carbocycles. The molecule has 1 unspecified atom stereocenters. The highest BCUT2D eigenvalue weighted by Gasteiger charge is 2.32. The number of nitrogens with zero attached hydrogens (tertiary/aromatic N) is 2. The quantitative estimate of drug-likeness (QED) is 0.701. The summed E-state index contributed by atoms with van der Waals surface area (Å²) >= 11 is 0. The average Bonchev–Trinajstić information content (AvgIpc) is 2.90. The molecule has 1 amide bonds. The molecule has 0 bridgehead atoms. The number of hydrogen-bond donors (Lipinski definition) is 0. The molecule has 1 saturated heterocycles. The van der Waals surface area contributed by atoms with Gasteiger partial charge in [0.05, 0.1) is 18.6 Å². The van der Waals surface area contributed by atoms with Crippen LogP contribution in [0.1, 0.15) is 38.5 Å². The highest BCUT2D eigenvalue weighted by atomic mass is 16.5. The minimum Gasteiger partial charge on any atom is -0.381 e. The van der Waals surface area contributed by atoms with Gasteiger partial charge < -0.3 is 9.64 Å². The van der Waals surface area contributed by atoms with Crippen molar-refractivity contribution in [2.24, 2.45) is 5.92 Å². The minimum absolute atomic E-state index is 0.0160. The lowest BCUT2D eigenvalue weighted by Gasteiger charge is -2.31. The summed E-state index contributed by atoms with van der Waals surface area (Å²) < 4.78 is 5.36. The third-order valence-electron chi connectivity index (χ3n) is 3.80. The third-order valence-corrected chi connectivity index (χ3v) is 3.80. The van der Waals surface area contributed by atoms with Crippen molar-refractivity contribution in [1.29, 1.82) is 5.26 Å². The second-order valence-corrected chi connectivity index (χ2v) is 4.98. The summed E-state index contributed by atoms with van der Waals surface area (Å²) in [6.07, 6.45) is 6.35. The Morgan fingerprint density at radius 1 is 1.29 bits per heavy atom. The van der Waals surface area contributed by atoms with E-state index in [0.29, 0.717) is 12.6 Å². The van der Waals surface area contributed by atoms with Gasteiger partial charge in [-0.05, 0) is 25.7 Å². The van der Waals surface area contributed by atoms with E-state index in [0.717, 1.165) is 32.3 Å². The number of amides is 1. The van der Waals surface area contributed by atoms with Crippen LogP contribution < -0.4 is 0 Å². The SMILES string of the molecule is N#CCN(C(=O)C1CCCOC1)C1CCCC1. The van der Waals surface area contributed by atoms with Gasteiger partial charge in [-0.1, -0.05) is 12.8 Å². The van der Waals surface area contributed by atoms with Crippen molar-refractivity contribution in [2.45, 2.75) is 44.6 Å².